The number of nitrogens with zero attached hydrogens (tertiary/aromatic N) is 2. The second-order valence-electron chi connectivity index (χ2n) is 2.70. The van der Waals surface area contributed by atoms with Crippen LogP contribution >= 0.6 is 0 Å². The fourth-order valence-electron chi connectivity index (χ4n) is 0.912. The quantitative estimate of drug-likeness (QED) is 0.582. The molecule has 11 heavy (non-hydrogen) atoms. The van der Waals surface area contributed by atoms with Crippen molar-refractivity contribution >= 4 is 5.91 Å². The Kier molecular flexibility index (Phi) is 1.98. The number of carbonyl (C=O) groups excluding carboxylic acids is 1. The first-order chi connectivity index (χ1) is 5.13. The van der Waals surface area contributed by atoms with E-state index >= 15 is 0 Å². The molecule has 3 heteroatoms. The lowest BCUT2D eigenvalue weighted by Crippen LogP contribution is -2.23. The molecule has 0 aliphatic rings. The topological polar surface area (TPSA) is 25.2 Å². The number of carbonyl (C=O) groups is 1. The molecule has 60 valence electrons. The third kappa shape index (κ3) is 1.42. The molecule has 3 nitrogen and oxygen atoms in total. The van der Waals surface area contributed by atoms with Crippen molar-refractivity contribution in [2.45, 2.75) is 0 Å². The van der Waals surface area contributed by atoms with Crippen molar-refractivity contribution in [3.8, 4) is 0 Å². The van der Waals surface area contributed by atoms with Crippen molar-refractivity contribution < 1.29 is 4.79 Å². The van der Waals surface area contributed by atoms with Crippen LogP contribution in [0.15, 0.2) is 18.3 Å². The van der Waals surface area contributed by atoms with Gasteiger partial charge in [-0.25, -0.2) is 0 Å². The van der Waals surface area contributed by atoms with Crippen LogP contribution < -0.4 is 0 Å². The van der Waals surface area contributed by atoms with Gasteiger partial charge in [-0.3, -0.25) is 4.79 Å². The summed E-state index contributed by atoms with van der Waals surface area (Å²) < 4.78 is 1.81. The van der Waals surface area contributed by atoms with Gasteiger partial charge in [0.1, 0.15) is 5.69 Å². The van der Waals surface area contributed by atoms with Gasteiger partial charge in [0, 0.05) is 27.3 Å². The number of rotatable bonds is 1. The summed E-state index contributed by atoms with van der Waals surface area (Å²) in [6.07, 6.45) is 1.86. The Morgan fingerprint density at radius 1 is 1.55 bits per heavy atom. The number of aryl methyl sites for hydroxylation is 1. The number of hydrogen-bond acceptors (Lipinski definition) is 1. The van der Waals surface area contributed by atoms with E-state index in [0.29, 0.717) is 0 Å². The zero-order valence-electron chi connectivity index (χ0n) is 7.03. The van der Waals surface area contributed by atoms with Crippen molar-refractivity contribution in [3.63, 3.8) is 0 Å². The molecular formula is C8H12N2O. The number of amides is 1. The Morgan fingerprint density at radius 2 is 2.18 bits per heavy atom. The molecule has 0 saturated carbocycles. The van der Waals surface area contributed by atoms with E-state index in [4.69, 9.17) is 0 Å². The van der Waals surface area contributed by atoms with Crippen molar-refractivity contribution in [3.05, 3.63) is 24.0 Å². The minimum atomic E-state index is 0.0394. The maximum Gasteiger partial charge on any atom is 0.269 e. The summed E-state index contributed by atoms with van der Waals surface area (Å²) in [5.74, 6) is 0.0394. The van der Waals surface area contributed by atoms with Crippen molar-refractivity contribution in [1.29, 1.82) is 0 Å². The van der Waals surface area contributed by atoms with Crippen LogP contribution in [0.25, 0.3) is 0 Å². The largest absolute Gasteiger partial charge is 0.347 e. The number of aromatic nitrogens is 1. The summed E-state index contributed by atoms with van der Waals surface area (Å²) >= 11 is 0. The molecule has 1 heterocycles. The molecule has 0 aromatic carbocycles. The molecule has 0 bridgehead atoms. The predicted molar refractivity (Wildman–Crippen MR) is 43.4 cm³/mol. The van der Waals surface area contributed by atoms with Crippen LogP contribution in [-0.4, -0.2) is 29.5 Å². The Bertz CT molecular complexity index is 263. The predicted octanol–water partition coefficient (Wildman–Crippen LogP) is 0.727. The Balaban J connectivity index is 2.93. The third-order valence-corrected chi connectivity index (χ3v) is 1.57. The maximum absolute atomic E-state index is 11.3. The van der Waals surface area contributed by atoms with Crippen LogP contribution in [0.3, 0.4) is 0 Å². The summed E-state index contributed by atoms with van der Waals surface area (Å²) in [7, 11) is 5.35. The van der Waals surface area contributed by atoms with Crippen molar-refractivity contribution in [2.24, 2.45) is 7.05 Å². The first-order valence-corrected chi connectivity index (χ1v) is 3.46. The van der Waals surface area contributed by atoms with E-state index in [-0.39, 0.29) is 5.91 Å². The van der Waals surface area contributed by atoms with Gasteiger partial charge in [0.25, 0.3) is 5.91 Å². The summed E-state index contributed by atoms with van der Waals surface area (Å²) in [6.45, 7) is 0. The normalized spacial score (nSPS) is 9.73. The average Bonchev–Trinajstić information content (AvgIpc) is 2.33. The van der Waals surface area contributed by atoms with Gasteiger partial charge in [0.15, 0.2) is 0 Å². The van der Waals surface area contributed by atoms with Gasteiger partial charge in [0.05, 0.1) is 0 Å². The summed E-state index contributed by atoms with van der Waals surface area (Å²) in [5, 5.41) is 0. The van der Waals surface area contributed by atoms with Crippen molar-refractivity contribution in [2.75, 3.05) is 14.1 Å². The SMILES string of the molecule is CN(C)C(=O)c1cccn1C. The van der Waals surface area contributed by atoms with Crippen molar-refractivity contribution in [1.82, 2.24) is 9.47 Å². The van der Waals surface area contributed by atoms with E-state index in [1.807, 2.05) is 29.9 Å². The highest BCUT2D eigenvalue weighted by Crippen LogP contribution is 2.01. The van der Waals surface area contributed by atoms with Gasteiger partial charge in [0.2, 0.25) is 0 Å². The van der Waals surface area contributed by atoms with Crippen LogP contribution in [0, 0.1) is 0 Å². The lowest BCUT2D eigenvalue weighted by Gasteiger charge is -2.10. The van der Waals surface area contributed by atoms with E-state index in [0.717, 1.165) is 5.69 Å². The van der Waals surface area contributed by atoms with Crippen LogP contribution in [0.4, 0.5) is 0 Å². The maximum atomic E-state index is 11.3. The van der Waals surface area contributed by atoms with Gasteiger partial charge >= 0.3 is 0 Å². The third-order valence-electron chi connectivity index (χ3n) is 1.57. The Labute approximate surface area is 66.2 Å². The molecule has 0 radical (unpaired) electrons. The minimum absolute atomic E-state index is 0.0394. The molecule has 1 rings (SSSR count). The molecule has 0 unspecified atom stereocenters. The summed E-state index contributed by atoms with van der Waals surface area (Å²) in [4.78, 5) is 12.9. The van der Waals surface area contributed by atoms with E-state index in [9.17, 15) is 4.79 Å². The first-order valence-electron chi connectivity index (χ1n) is 3.46. The van der Waals surface area contributed by atoms with E-state index < -0.39 is 0 Å². The lowest BCUT2D eigenvalue weighted by atomic mass is 10.4. The zero-order valence-corrected chi connectivity index (χ0v) is 7.03. The minimum Gasteiger partial charge on any atom is -0.347 e. The zero-order chi connectivity index (χ0) is 8.43. The standard InChI is InChI=1S/C8H12N2O/c1-9(2)8(11)7-5-4-6-10(7)3/h4-6H,1-3H3. The Morgan fingerprint density at radius 3 is 2.55 bits per heavy atom. The lowest BCUT2D eigenvalue weighted by molar-refractivity contribution is 0.0818. The van der Waals surface area contributed by atoms with Gasteiger partial charge < -0.3 is 9.47 Å². The van der Waals surface area contributed by atoms with Crippen LogP contribution in [-0.2, 0) is 7.05 Å². The van der Waals surface area contributed by atoms with Crippen LogP contribution in [0.5, 0.6) is 0 Å². The van der Waals surface area contributed by atoms with Gasteiger partial charge in [-0.2, -0.15) is 0 Å². The second-order valence-corrected chi connectivity index (χ2v) is 2.70. The van der Waals surface area contributed by atoms with Crippen LogP contribution in [0.2, 0.25) is 0 Å². The molecular weight excluding hydrogens is 140 g/mol. The smallest absolute Gasteiger partial charge is 0.269 e. The fraction of sp³-hybridized carbons (Fsp3) is 0.375. The van der Waals surface area contributed by atoms with E-state index in [1.54, 1.807) is 19.0 Å². The Hall–Kier alpha value is -1.25. The fourth-order valence-corrected chi connectivity index (χ4v) is 0.912. The molecule has 0 atom stereocenters. The molecule has 0 aliphatic heterocycles. The van der Waals surface area contributed by atoms with Gasteiger partial charge in [-0.1, -0.05) is 0 Å². The van der Waals surface area contributed by atoms with E-state index in [2.05, 4.69) is 0 Å². The first kappa shape index (κ1) is 7.85. The molecule has 0 N–H and O–H groups in total. The van der Waals surface area contributed by atoms with Gasteiger partial charge in [-0.15, -0.1) is 0 Å². The van der Waals surface area contributed by atoms with Gasteiger partial charge in [-0.05, 0) is 12.1 Å². The molecule has 1 aromatic heterocycles. The summed E-state index contributed by atoms with van der Waals surface area (Å²) in [6, 6.07) is 3.67. The average molecular weight is 152 g/mol. The highest BCUT2D eigenvalue weighted by atomic mass is 16.2. The summed E-state index contributed by atoms with van der Waals surface area (Å²) in [5.41, 5.74) is 0.718. The molecule has 0 spiro atoms. The number of hydrogen-bond donors (Lipinski definition) is 0. The molecule has 1 amide bonds. The monoisotopic (exact) mass is 152 g/mol. The van der Waals surface area contributed by atoms with Crippen LogP contribution in [0.1, 0.15) is 10.5 Å². The van der Waals surface area contributed by atoms with E-state index in [1.165, 1.54) is 0 Å². The molecule has 0 fully saturated rings. The molecule has 0 aliphatic carbocycles. The highest BCUT2D eigenvalue weighted by Gasteiger charge is 2.09. The highest BCUT2D eigenvalue weighted by molar-refractivity contribution is 5.92. The molecule has 0 saturated heterocycles. The second kappa shape index (κ2) is 2.78. The molecule has 1 aromatic rings.